The normalized spacial score (nSPS) is 12.2. The molecular formula is C11H13BrClNO2. The van der Waals surface area contributed by atoms with E-state index in [9.17, 15) is 4.79 Å². The van der Waals surface area contributed by atoms with Gasteiger partial charge in [-0.3, -0.25) is 4.79 Å². The largest absolute Gasteiger partial charge is 0.466 e. The van der Waals surface area contributed by atoms with E-state index in [0.717, 1.165) is 10.0 Å². The Balaban J connectivity index is 2.72. The van der Waals surface area contributed by atoms with Crippen LogP contribution in [-0.2, 0) is 9.53 Å². The van der Waals surface area contributed by atoms with Crippen molar-refractivity contribution in [2.75, 3.05) is 6.61 Å². The molecule has 1 rings (SSSR count). The zero-order valence-electron chi connectivity index (χ0n) is 8.87. The summed E-state index contributed by atoms with van der Waals surface area (Å²) in [6.07, 6.45) is 0.134. The van der Waals surface area contributed by atoms with Crippen molar-refractivity contribution in [3.63, 3.8) is 0 Å². The summed E-state index contributed by atoms with van der Waals surface area (Å²) in [7, 11) is 0. The summed E-state index contributed by atoms with van der Waals surface area (Å²) in [4.78, 5) is 11.3. The van der Waals surface area contributed by atoms with Gasteiger partial charge in [0.15, 0.2) is 0 Å². The highest BCUT2D eigenvalue weighted by atomic mass is 79.9. The SMILES string of the molecule is CCOC(=O)C[C@H](N)c1ccc(Br)cc1Cl. The Morgan fingerprint density at radius 3 is 2.88 bits per heavy atom. The van der Waals surface area contributed by atoms with Crippen LogP contribution in [0.15, 0.2) is 22.7 Å². The molecule has 0 saturated carbocycles. The van der Waals surface area contributed by atoms with Gasteiger partial charge in [-0.05, 0) is 24.6 Å². The lowest BCUT2D eigenvalue weighted by atomic mass is 10.1. The van der Waals surface area contributed by atoms with E-state index >= 15 is 0 Å². The van der Waals surface area contributed by atoms with Crippen molar-refractivity contribution in [1.82, 2.24) is 0 Å². The predicted molar refractivity (Wildman–Crippen MR) is 67.3 cm³/mol. The third-order valence-corrected chi connectivity index (χ3v) is 2.87. The minimum Gasteiger partial charge on any atom is -0.466 e. The van der Waals surface area contributed by atoms with Gasteiger partial charge in [-0.2, -0.15) is 0 Å². The third-order valence-electron chi connectivity index (χ3n) is 2.05. The number of hydrogen-bond acceptors (Lipinski definition) is 3. The monoisotopic (exact) mass is 305 g/mol. The van der Waals surface area contributed by atoms with E-state index in [-0.39, 0.29) is 12.4 Å². The molecule has 0 radical (unpaired) electrons. The number of carbonyl (C=O) groups excluding carboxylic acids is 1. The molecule has 0 heterocycles. The van der Waals surface area contributed by atoms with Crippen LogP contribution in [0.5, 0.6) is 0 Å². The van der Waals surface area contributed by atoms with Gasteiger partial charge in [0.1, 0.15) is 0 Å². The molecule has 0 unspecified atom stereocenters. The van der Waals surface area contributed by atoms with Crippen LogP contribution in [0.2, 0.25) is 5.02 Å². The number of carbonyl (C=O) groups is 1. The quantitative estimate of drug-likeness (QED) is 0.870. The summed E-state index contributed by atoms with van der Waals surface area (Å²) >= 11 is 9.33. The summed E-state index contributed by atoms with van der Waals surface area (Å²) in [6, 6.07) is 4.96. The highest BCUT2D eigenvalue weighted by molar-refractivity contribution is 9.10. The molecule has 1 aromatic rings. The van der Waals surface area contributed by atoms with Gasteiger partial charge in [0.05, 0.1) is 13.0 Å². The maximum Gasteiger partial charge on any atom is 0.307 e. The average molecular weight is 307 g/mol. The van der Waals surface area contributed by atoms with Crippen LogP contribution in [0, 0.1) is 0 Å². The molecule has 0 aromatic heterocycles. The van der Waals surface area contributed by atoms with E-state index in [1.807, 2.05) is 6.07 Å². The molecule has 0 spiro atoms. The Labute approximate surface area is 108 Å². The van der Waals surface area contributed by atoms with Crippen LogP contribution < -0.4 is 5.73 Å². The molecule has 3 nitrogen and oxygen atoms in total. The predicted octanol–water partition coefficient (Wildman–Crippen LogP) is 3.06. The van der Waals surface area contributed by atoms with E-state index in [2.05, 4.69) is 15.9 Å². The maximum atomic E-state index is 11.3. The van der Waals surface area contributed by atoms with Crippen LogP contribution in [0.3, 0.4) is 0 Å². The smallest absolute Gasteiger partial charge is 0.307 e. The fourth-order valence-electron chi connectivity index (χ4n) is 1.31. The Morgan fingerprint density at radius 1 is 1.62 bits per heavy atom. The van der Waals surface area contributed by atoms with Crippen LogP contribution in [0.25, 0.3) is 0 Å². The number of halogens is 2. The zero-order valence-corrected chi connectivity index (χ0v) is 11.2. The number of nitrogens with two attached hydrogens (primary N) is 1. The van der Waals surface area contributed by atoms with Gasteiger partial charge < -0.3 is 10.5 Å². The molecule has 0 saturated heterocycles. The summed E-state index contributed by atoms with van der Waals surface area (Å²) in [5.74, 6) is -0.311. The Morgan fingerprint density at radius 2 is 2.31 bits per heavy atom. The molecule has 1 atom stereocenters. The number of esters is 1. The minimum atomic E-state index is -0.431. The average Bonchev–Trinajstić information content (AvgIpc) is 2.17. The standard InChI is InChI=1S/C11H13BrClNO2/c1-2-16-11(15)6-10(14)8-4-3-7(12)5-9(8)13/h3-5,10H,2,6,14H2,1H3/t10-/m0/s1. The first-order valence-corrected chi connectivity index (χ1v) is 6.07. The summed E-state index contributed by atoms with van der Waals surface area (Å²) in [6.45, 7) is 2.12. The number of benzene rings is 1. The molecule has 0 amide bonds. The van der Waals surface area contributed by atoms with Gasteiger partial charge in [-0.25, -0.2) is 0 Å². The summed E-state index contributed by atoms with van der Waals surface area (Å²) < 4.78 is 5.71. The molecule has 1 aromatic carbocycles. The van der Waals surface area contributed by atoms with Crippen molar-refractivity contribution in [3.05, 3.63) is 33.3 Å². The molecule has 0 aliphatic rings. The minimum absolute atomic E-state index is 0.134. The lowest BCUT2D eigenvalue weighted by Crippen LogP contribution is -2.17. The second kappa shape index (κ2) is 6.23. The Kier molecular flexibility index (Phi) is 5.25. The molecule has 0 fully saturated rings. The van der Waals surface area contributed by atoms with Crippen molar-refractivity contribution in [3.8, 4) is 0 Å². The fourth-order valence-corrected chi connectivity index (χ4v) is 2.13. The highest BCUT2D eigenvalue weighted by Crippen LogP contribution is 2.27. The zero-order chi connectivity index (χ0) is 12.1. The molecule has 2 N–H and O–H groups in total. The number of hydrogen-bond donors (Lipinski definition) is 1. The van der Waals surface area contributed by atoms with Crippen molar-refractivity contribution in [1.29, 1.82) is 0 Å². The Hall–Kier alpha value is -0.580. The van der Waals surface area contributed by atoms with Crippen molar-refractivity contribution in [2.45, 2.75) is 19.4 Å². The van der Waals surface area contributed by atoms with Gasteiger partial charge in [0, 0.05) is 15.5 Å². The van der Waals surface area contributed by atoms with Gasteiger partial charge in [0.2, 0.25) is 0 Å². The maximum absolute atomic E-state index is 11.3. The first-order valence-electron chi connectivity index (χ1n) is 4.90. The van der Waals surface area contributed by atoms with Gasteiger partial charge in [0.25, 0.3) is 0 Å². The fraction of sp³-hybridized carbons (Fsp3) is 0.364. The summed E-state index contributed by atoms with van der Waals surface area (Å²) in [5, 5.41) is 0.547. The molecular weight excluding hydrogens is 293 g/mol. The summed E-state index contributed by atoms with van der Waals surface area (Å²) in [5.41, 5.74) is 6.62. The molecule has 0 aliphatic heterocycles. The van der Waals surface area contributed by atoms with Crippen molar-refractivity contribution in [2.24, 2.45) is 5.73 Å². The van der Waals surface area contributed by atoms with E-state index in [4.69, 9.17) is 22.1 Å². The first kappa shape index (κ1) is 13.5. The van der Waals surface area contributed by atoms with Crippen molar-refractivity contribution >= 4 is 33.5 Å². The van der Waals surface area contributed by atoms with Crippen LogP contribution in [0.4, 0.5) is 0 Å². The van der Waals surface area contributed by atoms with Crippen LogP contribution in [-0.4, -0.2) is 12.6 Å². The topological polar surface area (TPSA) is 52.3 Å². The molecule has 88 valence electrons. The second-order valence-electron chi connectivity index (χ2n) is 3.28. The third kappa shape index (κ3) is 3.77. The van der Waals surface area contributed by atoms with E-state index < -0.39 is 6.04 Å². The molecule has 0 aliphatic carbocycles. The number of ether oxygens (including phenoxy) is 1. The second-order valence-corrected chi connectivity index (χ2v) is 4.60. The van der Waals surface area contributed by atoms with Crippen molar-refractivity contribution < 1.29 is 9.53 Å². The van der Waals surface area contributed by atoms with E-state index in [1.165, 1.54) is 0 Å². The van der Waals surface area contributed by atoms with Gasteiger partial charge in [-0.1, -0.05) is 33.6 Å². The van der Waals surface area contributed by atoms with Gasteiger partial charge in [-0.15, -0.1) is 0 Å². The van der Waals surface area contributed by atoms with E-state index in [0.29, 0.717) is 11.6 Å². The Bertz CT molecular complexity index is 384. The van der Waals surface area contributed by atoms with E-state index in [1.54, 1.807) is 19.1 Å². The first-order chi connectivity index (χ1) is 7.54. The lowest BCUT2D eigenvalue weighted by Gasteiger charge is -2.13. The van der Waals surface area contributed by atoms with Gasteiger partial charge >= 0.3 is 5.97 Å². The molecule has 5 heteroatoms. The van der Waals surface area contributed by atoms with Crippen LogP contribution >= 0.6 is 27.5 Å². The number of rotatable bonds is 4. The lowest BCUT2D eigenvalue weighted by molar-refractivity contribution is -0.143. The highest BCUT2D eigenvalue weighted by Gasteiger charge is 2.15. The van der Waals surface area contributed by atoms with Crippen LogP contribution in [0.1, 0.15) is 24.9 Å². The molecule has 16 heavy (non-hydrogen) atoms. The molecule has 0 bridgehead atoms.